The molecule has 1 aliphatic rings. The van der Waals surface area contributed by atoms with Gasteiger partial charge >= 0.3 is 0 Å². The molecule has 1 rings (SSSR count). The maximum Gasteiger partial charge on any atom is 0.217 e. The SMILES string of the molecule is CC(=O)N[C@@H]1[C@@H](O)[C@@H](O)[C@@H](CO)OC1(O)CCN. The summed E-state index contributed by atoms with van der Waals surface area (Å²) in [4.78, 5) is 11.1. The minimum absolute atomic E-state index is 0.0492. The molecule has 5 atom stereocenters. The van der Waals surface area contributed by atoms with Gasteiger partial charge in [-0.1, -0.05) is 0 Å². The lowest BCUT2D eigenvalue weighted by Crippen LogP contribution is -2.70. The number of hydrogen-bond acceptors (Lipinski definition) is 7. The van der Waals surface area contributed by atoms with Gasteiger partial charge in [0, 0.05) is 13.3 Å². The van der Waals surface area contributed by atoms with Gasteiger partial charge in [-0.25, -0.2) is 0 Å². The Labute approximate surface area is 104 Å². The van der Waals surface area contributed by atoms with Gasteiger partial charge in [-0.15, -0.1) is 0 Å². The zero-order valence-electron chi connectivity index (χ0n) is 10.1. The predicted molar refractivity (Wildman–Crippen MR) is 60.2 cm³/mol. The molecule has 8 heteroatoms. The molecule has 0 aromatic carbocycles. The quantitative estimate of drug-likeness (QED) is 0.311. The molecule has 1 saturated heterocycles. The Morgan fingerprint density at radius 3 is 2.50 bits per heavy atom. The molecule has 106 valence electrons. The molecule has 0 saturated carbocycles. The number of carbonyl (C=O) groups is 1. The minimum Gasteiger partial charge on any atom is -0.394 e. The maximum absolute atomic E-state index is 11.1. The molecule has 0 aromatic rings. The predicted octanol–water partition coefficient (Wildman–Crippen LogP) is -3.36. The molecule has 1 unspecified atom stereocenters. The second kappa shape index (κ2) is 5.91. The fourth-order valence-electron chi connectivity index (χ4n) is 2.07. The van der Waals surface area contributed by atoms with Crippen molar-refractivity contribution in [2.45, 2.75) is 43.5 Å². The highest BCUT2D eigenvalue weighted by molar-refractivity contribution is 5.73. The van der Waals surface area contributed by atoms with Gasteiger partial charge in [0.05, 0.1) is 6.61 Å². The number of aliphatic hydroxyl groups is 4. The molecule has 0 aliphatic carbocycles. The van der Waals surface area contributed by atoms with Crippen molar-refractivity contribution in [3.8, 4) is 0 Å². The summed E-state index contributed by atoms with van der Waals surface area (Å²) in [6.07, 6.45) is -4.07. The number of rotatable bonds is 4. The third-order valence-electron chi connectivity index (χ3n) is 2.96. The number of aliphatic hydroxyl groups excluding tert-OH is 3. The van der Waals surface area contributed by atoms with Crippen LogP contribution in [0, 0.1) is 0 Å². The number of ether oxygens (including phenoxy) is 1. The van der Waals surface area contributed by atoms with E-state index in [1.807, 2.05) is 0 Å². The van der Waals surface area contributed by atoms with Crippen molar-refractivity contribution in [1.29, 1.82) is 0 Å². The zero-order chi connectivity index (χ0) is 13.9. The highest BCUT2D eigenvalue weighted by atomic mass is 16.6. The Morgan fingerprint density at radius 2 is 2.06 bits per heavy atom. The Balaban J connectivity index is 2.97. The molecule has 0 bridgehead atoms. The lowest BCUT2D eigenvalue weighted by Gasteiger charge is -2.47. The van der Waals surface area contributed by atoms with Crippen LogP contribution >= 0.6 is 0 Å². The first-order valence-corrected chi connectivity index (χ1v) is 5.70. The third-order valence-corrected chi connectivity index (χ3v) is 2.96. The van der Waals surface area contributed by atoms with Gasteiger partial charge in [0.15, 0.2) is 5.79 Å². The summed E-state index contributed by atoms with van der Waals surface area (Å²) in [7, 11) is 0. The van der Waals surface area contributed by atoms with Crippen molar-refractivity contribution in [3.05, 3.63) is 0 Å². The summed E-state index contributed by atoms with van der Waals surface area (Å²) in [6, 6.07) is -1.21. The van der Waals surface area contributed by atoms with E-state index >= 15 is 0 Å². The van der Waals surface area contributed by atoms with E-state index in [0.29, 0.717) is 0 Å². The van der Waals surface area contributed by atoms with Crippen LogP contribution < -0.4 is 11.1 Å². The molecule has 0 radical (unpaired) electrons. The summed E-state index contributed by atoms with van der Waals surface area (Å²) in [5, 5.41) is 41.2. The van der Waals surface area contributed by atoms with Crippen molar-refractivity contribution in [1.82, 2.24) is 5.32 Å². The molecule has 8 nitrogen and oxygen atoms in total. The van der Waals surface area contributed by atoms with E-state index in [9.17, 15) is 20.1 Å². The molecule has 0 spiro atoms. The van der Waals surface area contributed by atoms with E-state index in [4.69, 9.17) is 15.6 Å². The van der Waals surface area contributed by atoms with Crippen LogP contribution in [0.2, 0.25) is 0 Å². The summed E-state index contributed by atoms with van der Waals surface area (Å²) in [6.45, 7) is 0.686. The Hall–Kier alpha value is -0.770. The fourth-order valence-corrected chi connectivity index (χ4v) is 2.07. The second-order valence-corrected chi connectivity index (χ2v) is 4.38. The van der Waals surface area contributed by atoms with E-state index in [1.54, 1.807) is 0 Å². The molecular weight excluding hydrogens is 244 g/mol. The minimum atomic E-state index is -1.92. The monoisotopic (exact) mass is 264 g/mol. The molecule has 1 aliphatic heterocycles. The Kier molecular flexibility index (Phi) is 5.02. The van der Waals surface area contributed by atoms with Gasteiger partial charge in [0.25, 0.3) is 0 Å². The van der Waals surface area contributed by atoms with Gasteiger partial charge in [-0.05, 0) is 6.54 Å². The van der Waals surface area contributed by atoms with E-state index in [-0.39, 0.29) is 13.0 Å². The zero-order valence-corrected chi connectivity index (χ0v) is 10.1. The Morgan fingerprint density at radius 1 is 1.44 bits per heavy atom. The Bertz CT molecular complexity index is 302. The summed E-state index contributed by atoms with van der Waals surface area (Å²) < 4.78 is 5.16. The van der Waals surface area contributed by atoms with Crippen LogP contribution in [0.25, 0.3) is 0 Å². The lowest BCUT2D eigenvalue weighted by atomic mass is 9.88. The maximum atomic E-state index is 11.1. The van der Waals surface area contributed by atoms with Crippen molar-refractivity contribution >= 4 is 5.91 Å². The summed E-state index contributed by atoms with van der Waals surface area (Å²) in [5.74, 6) is -2.42. The highest BCUT2D eigenvalue weighted by Crippen LogP contribution is 2.30. The van der Waals surface area contributed by atoms with Crippen LogP contribution in [0.4, 0.5) is 0 Å². The average Bonchev–Trinajstić information content (AvgIpc) is 2.30. The van der Waals surface area contributed by atoms with Gasteiger partial charge in [0.2, 0.25) is 5.91 Å². The van der Waals surface area contributed by atoms with E-state index in [2.05, 4.69) is 5.32 Å². The van der Waals surface area contributed by atoms with Crippen LogP contribution in [0.15, 0.2) is 0 Å². The first kappa shape index (κ1) is 15.3. The first-order chi connectivity index (χ1) is 8.35. The van der Waals surface area contributed by atoms with Crippen molar-refractivity contribution in [2.24, 2.45) is 5.73 Å². The number of carbonyl (C=O) groups excluding carboxylic acids is 1. The molecule has 0 aromatic heterocycles. The van der Waals surface area contributed by atoms with Gasteiger partial charge < -0.3 is 36.2 Å². The highest BCUT2D eigenvalue weighted by Gasteiger charge is 2.52. The summed E-state index contributed by atoms with van der Waals surface area (Å²) in [5.41, 5.74) is 5.35. The van der Waals surface area contributed by atoms with E-state index in [0.717, 1.165) is 0 Å². The lowest BCUT2D eigenvalue weighted by molar-refractivity contribution is -0.319. The third kappa shape index (κ3) is 2.97. The first-order valence-electron chi connectivity index (χ1n) is 5.70. The molecule has 7 N–H and O–H groups in total. The smallest absolute Gasteiger partial charge is 0.217 e. The average molecular weight is 264 g/mol. The van der Waals surface area contributed by atoms with Crippen LogP contribution in [0.5, 0.6) is 0 Å². The molecule has 1 amide bonds. The van der Waals surface area contributed by atoms with Gasteiger partial charge in [0.1, 0.15) is 24.4 Å². The second-order valence-electron chi connectivity index (χ2n) is 4.38. The number of hydrogen-bond donors (Lipinski definition) is 6. The van der Waals surface area contributed by atoms with Crippen LogP contribution in [-0.2, 0) is 9.53 Å². The number of nitrogens with two attached hydrogens (primary N) is 1. The van der Waals surface area contributed by atoms with Crippen molar-refractivity contribution < 1.29 is 30.0 Å². The van der Waals surface area contributed by atoms with Crippen LogP contribution in [-0.4, -0.2) is 69.6 Å². The normalized spacial score (nSPS) is 40.6. The largest absolute Gasteiger partial charge is 0.394 e. The molecule has 1 fully saturated rings. The van der Waals surface area contributed by atoms with Crippen LogP contribution in [0.3, 0.4) is 0 Å². The van der Waals surface area contributed by atoms with E-state index < -0.39 is 42.7 Å². The van der Waals surface area contributed by atoms with Gasteiger partial charge in [-0.2, -0.15) is 0 Å². The van der Waals surface area contributed by atoms with Crippen molar-refractivity contribution in [2.75, 3.05) is 13.2 Å². The topological polar surface area (TPSA) is 145 Å². The van der Waals surface area contributed by atoms with Crippen molar-refractivity contribution in [3.63, 3.8) is 0 Å². The molecular formula is C10H20N2O6. The van der Waals surface area contributed by atoms with Gasteiger partial charge in [-0.3, -0.25) is 4.79 Å². The summed E-state index contributed by atoms with van der Waals surface area (Å²) >= 11 is 0. The standard InChI is InChI=1S/C10H20N2O6/c1-5(14)12-9-8(16)7(15)6(4-13)18-10(9,17)2-3-11/h6-9,13,15-17H,2-4,11H2,1H3,(H,12,14)/t6-,7+,8+,9-,10?/m1/s1. The van der Waals surface area contributed by atoms with E-state index in [1.165, 1.54) is 6.92 Å². The molecule has 18 heavy (non-hydrogen) atoms. The molecule has 1 heterocycles. The number of amides is 1. The van der Waals surface area contributed by atoms with Crippen LogP contribution in [0.1, 0.15) is 13.3 Å². The number of nitrogens with one attached hydrogen (secondary N) is 1. The fraction of sp³-hybridized carbons (Fsp3) is 0.900.